The maximum Gasteiger partial charge on any atom is 0.129 e. The quantitative estimate of drug-likeness (QED) is 0.901. The minimum Gasteiger partial charge on any atom is -0.353 e. The van der Waals surface area contributed by atoms with Crippen LogP contribution in [-0.2, 0) is 0 Å². The Kier molecular flexibility index (Phi) is 4.77. The summed E-state index contributed by atoms with van der Waals surface area (Å²) in [6, 6.07) is 5.20. The molecule has 1 aliphatic rings. The second kappa shape index (κ2) is 6.35. The van der Waals surface area contributed by atoms with Crippen LogP contribution in [0.5, 0.6) is 0 Å². The highest BCUT2D eigenvalue weighted by molar-refractivity contribution is 5.43. The standard InChI is InChI=1S/C15H26N4/c1-12-11-18(4)8-5-9-19(12)15-10-14(6-7-17-15)13(2)16-3/h6-7,10,12-13,16H,5,8-9,11H2,1-4H3. The first-order valence-electron chi connectivity index (χ1n) is 7.20. The van der Waals surface area contributed by atoms with E-state index in [1.54, 1.807) is 0 Å². The highest BCUT2D eigenvalue weighted by Crippen LogP contribution is 2.21. The normalized spacial score (nSPS) is 23.2. The molecule has 4 nitrogen and oxygen atoms in total. The second-order valence-electron chi connectivity index (χ2n) is 5.62. The van der Waals surface area contributed by atoms with E-state index >= 15 is 0 Å². The Balaban J connectivity index is 2.20. The molecule has 4 heteroatoms. The van der Waals surface area contributed by atoms with Gasteiger partial charge in [-0.3, -0.25) is 0 Å². The van der Waals surface area contributed by atoms with Gasteiger partial charge in [-0.15, -0.1) is 0 Å². The first kappa shape index (κ1) is 14.3. The van der Waals surface area contributed by atoms with E-state index in [1.165, 1.54) is 18.5 Å². The Bertz CT molecular complexity index is 407. The summed E-state index contributed by atoms with van der Waals surface area (Å²) in [6.45, 7) is 7.84. The zero-order valence-corrected chi connectivity index (χ0v) is 12.6. The van der Waals surface area contributed by atoms with Crippen LogP contribution in [0.1, 0.15) is 31.9 Å². The third kappa shape index (κ3) is 3.45. The topological polar surface area (TPSA) is 31.4 Å². The van der Waals surface area contributed by atoms with Crippen molar-refractivity contribution in [2.75, 3.05) is 38.6 Å². The van der Waals surface area contributed by atoms with Crippen LogP contribution in [-0.4, -0.2) is 49.7 Å². The Morgan fingerprint density at radius 2 is 2.21 bits per heavy atom. The summed E-state index contributed by atoms with van der Waals surface area (Å²) in [5, 5.41) is 3.29. The summed E-state index contributed by atoms with van der Waals surface area (Å²) < 4.78 is 0. The third-order valence-corrected chi connectivity index (χ3v) is 4.04. The summed E-state index contributed by atoms with van der Waals surface area (Å²) in [6.07, 6.45) is 3.13. The number of rotatable bonds is 3. The summed E-state index contributed by atoms with van der Waals surface area (Å²) >= 11 is 0. The van der Waals surface area contributed by atoms with Gasteiger partial charge in [-0.2, -0.15) is 0 Å². The monoisotopic (exact) mass is 262 g/mol. The number of aromatic nitrogens is 1. The maximum absolute atomic E-state index is 4.58. The molecule has 2 heterocycles. The van der Waals surface area contributed by atoms with E-state index in [1.807, 2.05) is 13.2 Å². The summed E-state index contributed by atoms with van der Waals surface area (Å²) in [5.74, 6) is 1.11. The Hall–Kier alpha value is -1.13. The third-order valence-electron chi connectivity index (χ3n) is 4.04. The second-order valence-corrected chi connectivity index (χ2v) is 5.62. The summed E-state index contributed by atoms with van der Waals surface area (Å²) in [4.78, 5) is 9.42. The number of hydrogen-bond donors (Lipinski definition) is 1. The van der Waals surface area contributed by atoms with Crippen LogP contribution in [0.4, 0.5) is 5.82 Å². The molecular weight excluding hydrogens is 236 g/mol. The molecule has 19 heavy (non-hydrogen) atoms. The molecule has 2 rings (SSSR count). The minimum absolute atomic E-state index is 0.367. The molecular formula is C15H26N4. The maximum atomic E-state index is 4.58. The number of anilines is 1. The molecule has 0 saturated carbocycles. The van der Waals surface area contributed by atoms with Gasteiger partial charge in [-0.05, 0) is 58.6 Å². The lowest BCUT2D eigenvalue weighted by molar-refractivity contribution is 0.337. The SMILES string of the molecule is CNC(C)c1ccnc(N2CCCN(C)CC2C)c1. The molecule has 106 valence electrons. The van der Waals surface area contributed by atoms with Crippen LogP contribution in [0, 0.1) is 0 Å². The van der Waals surface area contributed by atoms with Crippen molar-refractivity contribution in [2.24, 2.45) is 0 Å². The first-order valence-corrected chi connectivity index (χ1v) is 7.20. The van der Waals surface area contributed by atoms with Crippen molar-refractivity contribution in [1.82, 2.24) is 15.2 Å². The van der Waals surface area contributed by atoms with Gasteiger partial charge >= 0.3 is 0 Å². The fraction of sp³-hybridized carbons (Fsp3) is 0.667. The molecule has 0 aromatic carbocycles. The zero-order chi connectivity index (χ0) is 13.8. The zero-order valence-electron chi connectivity index (χ0n) is 12.6. The molecule has 2 atom stereocenters. The lowest BCUT2D eigenvalue weighted by atomic mass is 10.1. The van der Waals surface area contributed by atoms with Gasteiger partial charge in [-0.25, -0.2) is 4.98 Å². The Morgan fingerprint density at radius 1 is 1.42 bits per heavy atom. The fourth-order valence-electron chi connectivity index (χ4n) is 2.74. The number of nitrogens with one attached hydrogen (secondary N) is 1. The number of pyridine rings is 1. The largest absolute Gasteiger partial charge is 0.353 e. The predicted octanol–water partition coefficient (Wildman–Crippen LogP) is 1.89. The molecule has 1 N–H and O–H groups in total. The molecule has 2 unspecified atom stereocenters. The van der Waals surface area contributed by atoms with E-state index < -0.39 is 0 Å². The molecule has 0 amide bonds. The first-order chi connectivity index (χ1) is 9.11. The van der Waals surface area contributed by atoms with Crippen LogP contribution >= 0.6 is 0 Å². The van der Waals surface area contributed by atoms with Crippen LogP contribution in [0.15, 0.2) is 18.3 Å². The predicted molar refractivity (Wildman–Crippen MR) is 80.6 cm³/mol. The van der Waals surface area contributed by atoms with Crippen LogP contribution < -0.4 is 10.2 Å². The van der Waals surface area contributed by atoms with Crippen LogP contribution in [0.2, 0.25) is 0 Å². The highest BCUT2D eigenvalue weighted by atomic mass is 15.3. The van der Waals surface area contributed by atoms with Gasteiger partial charge in [0, 0.05) is 31.4 Å². The van der Waals surface area contributed by atoms with Crippen molar-refractivity contribution in [2.45, 2.75) is 32.4 Å². The smallest absolute Gasteiger partial charge is 0.129 e. The van der Waals surface area contributed by atoms with Crippen molar-refractivity contribution in [1.29, 1.82) is 0 Å². The van der Waals surface area contributed by atoms with Crippen molar-refractivity contribution < 1.29 is 0 Å². The minimum atomic E-state index is 0.367. The average molecular weight is 262 g/mol. The lowest BCUT2D eigenvalue weighted by Crippen LogP contribution is -2.38. The van der Waals surface area contributed by atoms with Gasteiger partial charge in [0.25, 0.3) is 0 Å². The average Bonchev–Trinajstić information content (AvgIpc) is 2.58. The van der Waals surface area contributed by atoms with Crippen molar-refractivity contribution in [3.05, 3.63) is 23.9 Å². The van der Waals surface area contributed by atoms with Gasteiger partial charge in [-0.1, -0.05) is 0 Å². The molecule has 0 bridgehead atoms. The molecule has 0 radical (unpaired) electrons. The van der Waals surface area contributed by atoms with Crippen molar-refractivity contribution in [3.63, 3.8) is 0 Å². The molecule has 1 aliphatic heterocycles. The summed E-state index contributed by atoms with van der Waals surface area (Å²) in [7, 11) is 4.20. The van der Waals surface area contributed by atoms with E-state index in [0.717, 1.165) is 18.9 Å². The van der Waals surface area contributed by atoms with Gasteiger partial charge < -0.3 is 15.1 Å². The van der Waals surface area contributed by atoms with E-state index in [0.29, 0.717) is 12.1 Å². The molecule has 1 aromatic heterocycles. The number of hydrogen-bond acceptors (Lipinski definition) is 4. The van der Waals surface area contributed by atoms with Crippen LogP contribution in [0.3, 0.4) is 0 Å². The van der Waals surface area contributed by atoms with Gasteiger partial charge in [0.05, 0.1) is 0 Å². The van der Waals surface area contributed by atoms with E-state index in [4.69, 9.17) is 0 Å². The molecule has 1 fully saturated rings. The number of likely N-dealkylation sites (N-methyl/N-ethyl adjacent to an activating group) is 1. The number of nitrogens with zero attached hydrogens (tertiary/aromatic N) is 3. The van der Waals surface area contributed by atoms with Crippen LogP contribution in [0.25, 0.3) is 0 Å². The van der Waals surface area contributed by atoms with Crippen molar-refractivity contribution >= 4 is 5.82 Å². The summed E-state index contributed by atoms with van der Waals surface area (Å²) in [5.41, 5.74) is 1.30. The molecule has 0 aliphatic carbocycles. The fourth-order valence-corrected chi connectivity index (χ4v) is 2.74. The van der Waals surface area contributed by atoms with E-state index in [9.17, 15) is 0 Å². The van der Waals surface area contributed by atoms with Gasteiger partial charge in [0.15, 0.2) is 0 Å². The van der Waals surface area contributed by atoms with Gasteiger partial charge in [0.1, 0.15) is 5.82 Å². The van der Waals surface area contributed by atoms with E-state index in [-0.39, 0.29) is 0 Å². The highest BCUT2D eigenvalue weighted by Gasteiger charge is 2.21. The Morgan fingerprint density at radius 3 is 2.95 bits per heavy atom. The lowest BCUT2D eigenvalue weighted by Gasteiger charge is -2.29. The molecule has 1 aromatic rings. The van der Waals surface area contributed by atoms with E-state index in [2.05, 4.69) is 53.1 Å². The molecule has 0 spiro atoms. The Labute approximate surface area is 116 Å². The van der Waals surface area contributed by atoms with Crippen molar-refractivity contribution in [3.8, 4) is 0 Å². The molecule has 1 saturated heterocycles. The van der Waals surface area contributed by atoms with Gasteiger partial charge in [0.2, 0.25) is 0 Å².